The van der Waals surface area contributed by atoms with Gasteiger partial charge in [-0.05, 0) is 36.6 Å². The summed E-state index contributed by atoms with van der Waals surface area (Å²) in [6, 6.07) is 18.7. The third-order valence-corrected chi connectivity index (χ3v) is 4.41. The van der Waals surface area contributed by atoms with Crippen LogP contribution in [0.1, 0.15) is 22.8 Å². The van der Waals surface area contributed by atoms with E-state index in [-0.39, 0.29) is 18.4 Å². The van der Waals surface area contributed by atoms with Crippen molar-refractivity contribution in [1.29, 1.82) is 0 Å². The van der Waals surface area contributed by atoms with E-state index < -0.39 is 5.92 Å². The summed E-state index contributed by atoms with van der Waals surface area (Å²) in [6.07, 6.45) is 0.504. The van der Waals surface area contributed by atoms with E-state index in [1.807, 2.05) is 54.6 Å². The summed E-state index contributed by atoms with van der Waals surface area (Å²) in [6.45, 7) is 1.56. The van der Waals surface area contributed by atoms with Crippen molar-refractivity contribution in [2.24, 2.45) is 0 Å². The highest BCUT2D eigenvalue weighted by molar-refractivity contribution is 5.95. The average molecular weight is 393 g/mol. The van der Waals surface area contributed by atoms with Crippen LogP contribution < -0.4 is 15.4 Å². The summed E-state index contributed by atoms with van der Waals surface area (Å²) in [7, 11) is 1.58. The molecular formula is C22H23N3O4. The lowest BCUT2D eigenvalue weighted by molar-refractivity contribution is -0.125. The van der Waals surface area contributed by atoms with Crippen LogP contribution >= 0.6 is 0 Å². The standard InChI is InChI=1S/C22H23N3O4/c1-15-11-20(25-29-15)24-21(26)14-23-22(27)19(12-16-7-4-3-5-8-16)17-9-6-10-18(13-17)28-2/h3-11,13,19H,12,14H2,1-2H3,(H,23,27)(H,24,25,26). The number of hydrogen-bond acceptors (Lipinski definition) is 5. The van der Waals surface area contributed by atoms with E-state index in [0.29, 0.717) is 23.7 Å². The number of hydrogen-bond donors (Lipinski definition) is 2. The van der Waals surface area contributed by atoms with Crippen molar-refractivity contribution >= 4 is 17.6 Å². The maximum absolute atomic E-state index is 12.9. The molecule has 0 bridgehead atoms. The molecule has 2 N–H and O–H groups in total. The van der Waals surface area contributed by atoms with E-state index in [1.165, 1.54) is 0 Å². The molecule has 1 unspecified atom stereocenters. The Morgan fingerprint density at radius 2 is 1.90 bits per heavy atom. The lowest BCUT2D eigenvalue weighted by atomic mass is 9.91. The number of carbonyl (C=O) groups is 2. The predicted molar refractivity (Wildman–Crippen MR) is 109 cm³/mol. The predicted octanol–water partition coefficient (Wildman–Crippen LogP) is 3.07. The van der Waals surface area contributed by atoms with E-state index >= 15 is 0 Å². The van der Waals surface area contributed by atoms with Gasteiger partial charge in [0.15, 0.2) is 5.82 Å². The Labute approximate surface area is 169 Å². The molecule has 0 fully saturated rings. The van der Waals surface area contributed by atoms with E-state index in [9.17, 15) is 9.59 Å². The molecule has 1 aromatic heterocycles. The summed E-state index contributed by atoms with van der Waals surface area (Å²) in [4.78, 5) is 25.1. The number of nitrogens with one attached hydrogen (secondary N) is 2. The van der Waals surface area contributed by atoms with Crippen LogP contribution in [0.2, 0.25) is 0 Å². The van der Waals surface area contributed by atoms with Crippen molar-refractivity contribution in [3.05, 3.63) is 77.6 Å². The summed E-state index contributed by atoms with van der Waals surface area (Å²) in [5.41, 5.74) is 1.84. The third-order valence-electron chi connectivity index (χ3n) is 4.41. The molecule has 0 aliphatic rings. The van der Waals surface area contributed by atoms with Crippen molar-refractivity contribution in [3.8, 4) is 5.75 Å². The number of benzene rings is 2. The van der Waals surface area contributed by atoms with Gasteiger partial charge in [-0.3, -0.25) is 9.59 Å². The summed E-state index contributed by atoms with van der Waals surface area (Å²) < 4.78 is 10.2. The Kier molecular flexibility index (Phi) is 6.63. The number of aryl methyl sites for hydroxylation is 1. The molecule has 7 heteroatoms. The van der Waals surface area contributed by atoms with Crippen molar-refractivity contribution in [2.75, 3.05) is 19.0 Å². The van der Waals surface area contributed by atoms with E-state index in [2.05, 4.69) is 15.8 Å². The van der Waals surface area contributed by atoms with Gasteiger partial charge >= 0.3 is 0 Å². The minimum atomic E-state index is -0.463. The lowest BCUT2D eigenvalue weighted by Gasteiger charge is -2.18. The quantitative estimate of drug-likeness (QED) is 0.613. The Morgan fingerprint density at radius 3 is 2.59 bits per heavy atom. The van der Waals surface area contributed by atoms with Crippen LogP contribution in [-0.4, -0.2) is 30.6 Å². The van der Waals surface area contributed by atoms with E-state index in [4.69, 9.17) is 9.26 Å². The molecule has 0 radical (unpaired) electrons. The monoisotopic (exact) mass is 393 g/mol. The molecule has 0 saturated carbocycles. The van der Waals surface area contributed by atoms with Crippen molar-refractivity contribution < 1.29 is 18.8 Å². The largest absolute Gasteiger partial charge is 0.497 e. The number of methoxy groups -OCH3 is 1. The molecule has 0 spiro atoms. The van der Waals surface area contributed by atoms with E-state index in [1.54, 1.807) is 20.1 Å². The zero-order chi connectivity index (χ0) is 20.6. The number of amides is 2. The van der Waals surface area contributed by atoms with Crippen LogP contribution in [0.3, 0.4) is 0 Å². The van der Waals surface area contributed by atoms with Crippen LogP contribution in [-0.2, 0) is 16.0 Å². The number of rotatable bonds is 8. The van der Waals surface area contributed by atoms with Gasteiger partial charge in [-0.2, -0.15) is 0 Å². The van der Waals surface area contributed by atoms with Gasteiger partial charge in [-0.15, -0.1) is 0 Å². The zero-order valence-corrected chi connectivity index (χ0v) is 16.3. The molecule has 150 valence electrons. The molecule has 29 heavy (non-hydrogen) atoms. The molecule has 2 aromatic carbocycles. The number of aromatic nitrogens is 1. The zero-order valence-electron chi connectivity index (χ0n) is 16.3. The fourth-order valence-electron chi connectivity index (χ4n) is 2.97. The smallest absolute Gasteiger partial charge is 0.245 e. The Morgan fingerprint density at radius 1 is 1.10 bits per heavy atom. The van der Waals surface area contributed by atoms with Crippen LogP contribution in [0, 0.1) is 6.92 Å². The molecule has 3 aromatic rings. The van der Waals surface area contributed by atoms with Crippen LogP contribution in [0.4, 0.5) is 5.82 Å². The van der Waals surface area contributed by atoms with Gasteiger partial charge in [-0.1, -0.05) is 47.6 Å². The molecule has 0 aliphatic heterocycles. The molecule has 3 rings (SSSR count). The maximum Gasteiger partial charge on any atom is 0.245 e. The van der Waals surface area contributed by atoms with Gasteiger partial charge in [0.25, 0.3) is 0 Å². The van der Waals surface area contributed by atoms with Gasteiger partial charge in [0, 0.05) is 6.07 Å². The summed E-state index contributed by atoms with van der Waals surface area (Å²) in [5, 5.41) is 9.01. The van der Waals surface area contributed by atoms with Gasteiger partial charge in [-0.25, -0.2) is 0 Å². The Bertz CT molecular complexity index is 969. The number of carbonyl (C=O) groups excluding carboxylic acids is 2. The van der Waals surface area contributed by atoms with Crippen LogP contribution in [0.5, 0.6) is 5.75 Å². The maximum atomic E-state index is 12.9. The molecular weight excluding hydrogens is 370 g/mol. The SMILES string of the molecule is COc1cccc(C(Cc2ccccc2)C(=O)NCC(=O)Nc2cc(C)on2)c1. The Hall–Kier alpha value is -3.61. The van der Waals surface area contributed by atoms with Crippen molar-refractivity contribution in [3.63, 3.8) is 0 Å². The fourth-order valence-corrected chi connectivity index (χ4v) is 2.97. The van der Waals surface area contributed by atoms with Crippen LogP contribution in [0.25, 0.3) is 0 Å². The number of nitrogens with zero attached hydrogens (tertiary/aromatic N) is 1. The molecule has 2 amide bonds. The summed E-state index contributed by atoms with van der Waals surface area (Å²) >= 11 is 0. The third kappa shape index (κ3) is 5.68. The fraction of sp³-hybridized carbons (Fsp3) is 0.227. The second kappa shape index (κ2) is 9.54. The molecule has 1 atom stereocenters. The molecule has 0 saturated heterocycles. The molecule has 7 nitrogen and oxygen atoms in total. The summed E-state index contributed by atoms with van der Waals surface area (Å²) in [5.74, 6) is 0.493. The highest BCUT2D eigenvalue weighted by atomic mass is 16.5. The minimum Gasteiger partial charge on any atom is -0.497 e. The Balaban J connectivity index is 1.70. The first-order chi connectivity index (χ1) is 14.0. The number of anilines is 1. The second-order valence-electron chi connectivity index (χ2n) is 6.61. The van der Waals surface area contributed by atoms with Crippen molar-refractivity contribution in [1.82, 2.24) is 10.5 Å². The first kappa shape index (κ1) is 20.1. The van der Waals surface area contributed by atoms with Gasteiger partial charge in [0.1, 0.15) is 11.5 Å². The highest BCUT2D eigenvalue weighted by Gasteiger charge is 2.22. The first-order valence-corrected chi connectivity index (χ1v) is 9.24. The van der Waals surface area contributed by atoms with Gasteiger partial charge < -0.3 is 19.9 Å². The lowest BCUT2D eigenvalue weighted by Crippen LogP contribution is -2.36. The second-order valence-corrected chi connectivity index (χ2v) is 6.61. The van der Waals surface area contributed by atoms with Gasteiger partial charge in [0.05, 0.1) is 19.6 Å². The van der Waals surface area contributed by atoms with Crippen molar-refractivity contribution in [2.45, 2.75) is 19.3 Å². The molecule has 0 aliphatic carbocycles. The number of ether oxygens (including phenoxy) is 1. The average Bonchev–Trinajstić information content (AvgIpc) is 3.15. The topological polar surface area (TPSA) is 93.5 Å². The normalized spacial score (nSPS) is 11.5. The van der Waals surface area contributed by atoms with E-state index in [0.717, 1.165) is 11.1 Å². The van der Waals surface area contributed by atoms with Gasteiger partial charge in [0.2, 0.25) is 11.8 Å². The van der Waals surface area contributed by atoms with Crippen LogP contribution in [0.15, 0.2) is 65.2 Å². The first-order valence-electron chi connectivity index (χ1n) is 9.24. The highest BCUT2D eigenvalue weighted by Crippen LogP contribution is 2.25. The minimum absolute atomic E-state index is 0.167. The molecule has 1 heterocycles.